The van der Waals surface area contributed by atoms with Crippen molar-refractivity contribution in [2.75, 3.05) is 4.90 Å². The zero-order chi connectivity index (χ0) is 16.1. The van der Waals surface area contributed by atoms with Gasteiger partial charge in [0, 0.05) is 12.7 Å². The molecule has 2 aliphatic rings. The molecule has 1 aromatic heterocycles. The number of nitrogens with zero attached hydrogens (tertiary/aromatic N) is 4. The molecule has 1 amide bonds. The molecule has 1 aliphatic heterocycles. The highest BCUT2D eigenvalue weighted by molar-refractivity contribution is 5.95. The molecule has 0 unspecified atom stereocenters. The predicted octanol–water partition coefficient (Wildman–Crippen LogP) is 0.872. The van der Waals surface area contributed by atoms with Gasteiger partial charge in [0.1, 0.15) is 0 Å². The van der Waals surface area contributed by atoms with Crippen LogP contribution in [-0.4, -0.2) is 26.0 Å². The predicted molar refractivity (Wildman–Crippen MR) is 84.8 cm³/mol. The van der Waals surface area contributed by atoms with E-state index >= 15 is 0 Å². The van der Waals surface area contributed by atoms with Crippen molar-refractivity contribution in [3.63, 3.8) is 0 Å². The highest BCUT2D eigenvalue weighted by Gasteiger charge is 2.41. The van der Waals surface area contributed by atoms with Crippen LogP contribution < -0.4 is 16.3 Å². The van der Waals surface area contributed by atoms with E-state index in [0.29, 0.717) is 5.69 Å². The normalized spacial score (nSPS) is 22.1. The molecule has 0 saturated carbocycles. The number of hydrogen-bond acceptors (Lipinski definition) is 3. The standard InChI is InChI=1S/C16H14N4O3/c1-17-14(21)19-13-10-6-5-9-12(13)18(11-7-3-2-4-8-11)16(23)20(19)15(17)22/h2-10,12-13H,1H3/t12-,13+/m1/s1. The van der Waals surface area contributed by atoms with Crippen molar-refractivity contribution >= 4 is 11.7 Å². The average Bonchev–Trinajstić information content (AvgIpc) is 2.81. The van der Waals surface area contributed by atoms with Crippen LogP contribution in [0.2, 0.25) is 0 Å². The summed E-state index contributed by atoms with van der Waals surface area (Å²) in [4.78, 5) is 39.1. The first-order valence-corrected chi connectivity index (χ1v) is 7.25. The van der Waals surface area contributed by atoms with Crippen LogP contribution in [0.4, 0.5) is 10.5 Å². The van der Waals surface area contributed by atoms with Crippen LogP contribution >= 0.6 is 0 Å². The first-order valence-electron chi connectivity index (χ1n) is 7.25. The summed E-state index contributed by atoms with van der Waals surface area (Å²) >= 11 is 0. The lowest BCUT2D eigenvalue weighted by molar-refractivity contribution is 0.223. The molecule has 2 atom stereocenters. The Morgan fingerprint density at radius 3 is 2.22 bits per heavy atom. The summed E-state index contributed by atoms with van der Waals surface area (Å²) in [6.07, 6.45) is 7.34. The highest BCUT2D eigenvalue weighted by atomic mass is 16.2. The number of carbonyl (C=O) groups excluding carboxylic acids is 1. The Morgan fingerprint density at radius 1 is 0.870 bits per heavy atom. The molecule has 116 valence electrons. The summed E-state index contributed by atoms with van der Waals surface area (Å²) in [5.41, 5.74) is -0.449. The van der Waals surface area contributed by atoms with Crippen LogP contribution in [0.25, 0.3) is 0 Å². The molecule has 0 saturated heterocycles. The number of carbonyl (C=O) groups is 1. The van der Waals surface area contributed by atoms with Crippen molar-refractivity contribution in [3.05, 3.63) is 75.6 Å². The van der Waals surface area contributed by atoms with Gasteiger partial charge >= 0.3 is 17.4 Å². The minimum atomic E-state index is -0.637. The lowest BCUT2D eigenvalue weighted by Gasteiger charge is -2.39. The minimum Gasteiger partial charge on any atom is -0.283 e. The van der Waals surface area contributed by atoms with Crippen LogP contribution in [0.3, 0.4) is 0 Å². The molecule has 1 aromatic carbocycles. The van der Waals surface area contributed by atoms with Crippen LogP contribution in [0.5, 0.6) is 0 Å². The Bertz CT molecular complexity index is 961. The van der Waals surface area contributed by atoms with Gasteiger partial charge in [-0.15, -0.1) is 4.68 Å². The Morgan fingerprint density at radius 2 is 1.52 bits per heavy atom. The van der Waals surface area contributed by atoms with Gasteiger partial charge in [-0.3, -0.25) is 4.90 Å². The molecule has 2 aromatic rings. The monoisotopic (exact) mass is 310 g/mol. The summed E-state index contributed by atoms with van der Waals surface area (Å²) in [6.45, 7) is 0. The van der Waals surface area contributed by atoms with Crippen LogP contribution in [0.15, 0.2) is 64.2 Å². The molecule has 0 bridgehead atoms. The van der Waals surface area contributed by atoms with Gasteiger partial charge in [0.05, 0.1) is 12.1 Å². The first-order chi connectivity index (χ1) is 11.1. The largest absolute Gasteiger partial charge is 0.355 e. The first kappa shape index (κ1) is 13.6. The molecular formula is C16H14N4O3. The van der Waals surface area contributed by atoms with Gasteiger partial charge in [-0.25, -0.2) is 23.6 Å². The van der Waals surface area contributed by atoms with Crippen molar-refractivity contribution in [1.82, 2.24) is 13.9 Å². The number of para-hydroxylation sites is 1. The number of fused-ring (bicyclic) bond motifs is 3. The van der Waals surface area contributed by atoms with E-state index in [-0.39, 0.29) is 6.04 Å². The Labute approximate surface area is 131 Å². The number of amides is 1. The summed E-state index contributed by atoms with van der Waals surface area (Å²) in [5.74, 6) is 0. The van der Waals surface area contributed by atoms with Crippen molar-refractivity contribution in [1.29, 1.82) is 0 Å². The SMILES string of the molecule is Cn1c(=O)n2n(c1=O)[C@H]1C=CC=C[C@H]1N(c1ccccc1)C2=O. The van der Waals surface area contributed by atoms with E-state index in [1.54, 1.807) is 4.90 Å². The van der Waals surface area contributed by atoms with Crippen molar-refractivity contribution in [2.45, 2.75) is 12.1 Å². The Hall–Kier alpha value is -3.09. The fourth-order valence-corrected chi connectivity index (χ4v) is 3.14. The lowest BCUT2D eigenvalue weighted by atomic mass is 10.00. The number of benzene rings is 1. The van der Waals surface area contributed by atoms with E-state index in [0.717, 1.165) is 9.25 Å². The third-order valence-electron chi connectivity index (χ3n) is 4.25. The minimum absolute atomic E-state index is 0.352. The molecule has 23 heavy (non-hydrogen) atoms. The fourth-order valence-electron chi connectivity index (χ4n) is 3.14. The van der Waals surface area contributed by atoms with Crippen molar-refractivity contribution in [3.8, 4) is 0 Å². The van der Waals surface area contributed by atoms with Crippen LogP contribution in [-0.2, 0) is 7.05 Å². The quantitative estimate of drug-likeness (QED) is 0.785. The molecule has 0 N–H and O–H groups in total. The summed E-state index contributed by atoms with van der Waals surface area (Å²) in [5, 5.41) is 0. The summed E-state index contributed by atoms with van der Waals surface area (Å²) in [7, 11) is 1.38. The van der Waals surface area contributed by atoms with Crippen LogP contribution in [0.1, 0.15) is 6.04 Å². The van der Waals surface area contributed by atoms with Crippen molar-refractivity contribution < 1.29 is 4.79 Å². The molecular weight excluding hydrogens is 296 g/mol. The Balaban J connectivity index is 2.01. The average molecular weight is 310 g/mol. The zero-order valence-electron chi connectivity index (χ0n) is 12.4. The van der Waals surface area contributed by atoms with Gasteiger partial charge in [-0.05, 0) is 12.1 Å². The third-order valence-corrected chi connectivity index (χ3v) is 4.25. The topological polar surface area (TPSA) is 69.2 Å². The number of anilines is 1. The van der Waals surface area contributed by atoms with Gasteiger partial charge in [0.25, 0.3) is 0 Å². The van der Waals surface area contributed by atoms with E-state index in [9.17, 15) is 14.4 Å². The zero-order valence-corrected chi connectivity index (χ0v) is 12.4. The van der Waals surface area contributed by atoms with E-state index < -0.39 is 23.5 Å². The van der Waals surface area contributed by atoms with Crippen LogP contribution in [0, 0.1) is 0 Å². The number of allylic oxidation sites excluding steroid dienone is 2. The molecule has 1 aliphatic carbocycles. The highest BCUT2D eigenvalue weighted by Crippen LogP contribution is 2.30. The van der Waals surface area contributed by atoms with E-state index in [1.165, 1.54) is 11.7 Å². The molecule has 4 rings (SSSR count). The second kappa shape index (κ2) is 4.70. The van der Waals surface area contributed by atoms with Gasteiger partial charge in [-0.1, -0.05) is 42.5 Å². The van der Waals surface area contributed by atoms with E-state index in [1.807, 2.05) is 54.6 Å². The molecule has 0 radical (unpaired) electrons. The molecule has 7 heteroatoms. The smallest absolute Gasteiger partial charge is 0.283 e. The maximum Gasteiger partial charge on any atom is 0.355 e. The van der Waals surface area contributed by atoms with E-state index in [4.69, 9.17) is 0 Å². The number of rotatable bonds is 1. The van der Waals surface area contributed by atoms with E-state index in [2.05, 4.69) is 0 Å². The molecule has 2 heterocycles. The van der Waals surface area contributed by atoms with Gasteiger partial charge in [0.15, 0.2) is 0 Å². The fraction of sp³-hybridized carbons (Fsp3) is 0.188. The maximum absolute atomic E-state index is 12.9. The Kier molecular flexibility index (Phi) is 2.77. The molecule has 0 spiro atoms. The third kappa shape index (κ3) is 1.73. The second-order valence-corrected chi connectivity index (χ2v) is 5.52. The van der Waals surface area contributed by atoms with Crippen molar-refractivity contribution in [2.24, 2.45) is 7.05 Å². The lowest BCUT2D eigenvalue weighted by Crippen LogP contribution is -2.57. The molecule has 0 fully saturated rings. The summed E-state index contributed by atoms with van der Waals surface area (Å²) < 4.78 is 3.10. The maximum atomic E-state index is 12.9. The number of aromatic nitrogens is 3. The van der Waals surface area contributed by atoms with Gasteiger partial charge in [0.2, 0.25) is 0 Å². The molecule has 7 nitrogen and oxygen atoms in total. The number of hydrogen-bond donors (Lipinski definition) is 0. The van der Waals surface area contributed by atoms with Gasteiger partial charge < -0.3 is 0 Å². The second-order valence-electron chi connectivity index (χ2n) is 5.52. The summed E-state index contributed by atoms with van der Waals surface area (Å²) in [6, 6.07) is 7.83. The van der Waals surface area contributed by atoms with Gasteiger partial charge in [-0.2, -0.15) is 0 Å².